The molecule has 0 spiro atoms. The average molecular weight is 361 g/mol. The van der Waals surface area contributed by atoms with E-state index in [-0.39, 0.29) is 17.8 Å². The van der Waals surface area contributed by atoms with Crippen LogP contribution < -0.4 is 5.56 Å². The molecule has 1 aromatic heterocycles. The Labute approximate surface area is 150 Å². The standard InChI is InChI=1S/C18H23N3O5/c1-3-26-10-6-9-21(11-12(2)18(24)25)17(23)15-13-7-4-5-8-14(13)16(22)20-19-15/h4-5,7-8,12H,3,6,9-11H2,1-2H3,(H,20,22)(H,24,25). The summed E-state index contributed by atoms with van der Waals surface area (Å²) < 4.78 is 5.29. The SMILES string of the molecule is CCOCCCN(CC(C)C(=O)O)C(=O)c1n[nH]c(=O)c2ccccc12. The highest BCUT2D eigenvalue weighted by Crippen LogP contribution is 2.15. The van der Waals surface area contributed by atoms with Gasteiger partial charge in [-0.3, -0.25) is 14.4 Å². The van der Waals surface area contributed by atoms with Crippen LogP contribution in [0.15, 0.2) is 29.1 Å². The number of aliphatic carboxylic acids is 1. The number of aromatic amines is 1. The fraction of sp³-hybridized carbons (Fsp3) is 0.444. The van der Waals surface area contributed by atoms with Crippen molar-refractivity contribution >= 4 is 22.6 Å². The number of amides is 1. The van der Waals surface area contributed by atoms with E-state index < -0.39 is 17.8 Å². The van der Waals surface area contributed by atoms with E-state index >= 15 is 0 Å². The van der Waals surface area contributed by atoms with E-state index in [4.69, 9.17) is 4.74 Å². The number of fused-ring (bicyclic) bond motifs is 1. The number of hydrogen-bond acceptors (Lipinski definition) is 5. The number of nitrogens with one attached hydrogen (secondary N) is 1. The monoisotopic (exact) mass is 361 g/mol. The smallest absolute Gasteiger partial charge is 0.308 e. The van der Waals surface area contributed by atoms with Crippen molar-refractivity contribution < 1.29 is 19.4 Å². The summed E-state index contributed by atoms with van der Waals surface area (Å²) in [6.45, 7) is 4.86. The molecule has 0 radical (unpaired) electrons. The maximum absolute atomic E-state index is 13.0. The van der Waals surface area contributed by atoms with Crippen molar-refractivity contribution in [1.29, 1.82) is 0 Å². The first-order chi connectivity index (χ1) is 12.5. The van der Waals surface area contributed by atoms with Gasteiger partial charge < -0.3 is 14.7 Å². The van der Waals surface area contributed by atoms with Gasteiger partial charge in [0.05, 0.1) is 11.3 Å². The van der Waals surface area contributed by atoms with Crippen molar-refractivity contribution in [2.45, 2.75) is 20.3 Å². The molecule has 1 unspecified atom stereocenters. The second-order valence-electron chi connectivity index (χ2n) is 5.99. The molecule has 0 aliphatic heterocycles. The minimum atomic E-state index is -0.980. The van der Waals surface area contributed by atoms with Gasteiger partial charge in [0.2, 0.25) is 0 Å². The van der Waals surface area contributed by atoms with Gasteiger partial charge in [-0.1, -0.05) is 25.1 Å². The minimum absolute atomic E-state index is 0.0510. The summed E-state index contributed by atoms with van der Waals surface area (Å²) in [5.74, 6) is -2.12. The molecular formula is C18H23N3O5. The summed E-state index contributed by atoms with van der Waals surface area (Å²) in [4.78, 5) is 37.5. The molecule has 0 fully saturated rings. The van der Waals surface area contributed by atoms with Gasteiger partial charge in [-0.2, -0.15) is 5.10 Å². The summed E-state index contributed by atoms with van der Waals surface area (Å²) in [5, 5.41) is 16.2. The van der Waals surface area contributed by atoms with Gasteiger partial charge >= 0.3 is 5.97 Å². The highest BCUT2D eigenvalue weighted by Gasteiger charge is 2.24. The van der Waals surface area contributed by atoms with Gasteiger partial charge in [0, 0.05) is 31.7 Å². The number of benzene rings is 1. The third-order valence-electron chi connectivity index (χ3n) is 4.02. The fourth-order valence-corrected chi connectivity index (χ4v) is 2.61. The summed E-state index contributed by atoms with van der Waals surface area (Å²) in [7, 11) is 0. The molecule has 0 aliphatic carbocycles. The second kappa shape index (κ2) is 9.10. The maximum Gasteiger partial charge on any atom is 0.308 e. The van der Waals surface area contributed by atoms with Crippen LogP contribution in [-0.2, 0) is 9.53 Å². The van der Waals surface area contributed by atoms with E-state index in [0.717, 1.165) is 0 Å². The lowest BCUT2D eigenvalue weighted by molar-refractivity contribution is -0.141. The molecule has 2 N–H and O–H groups in total. The average Bonchev–Trinajstić information content (AvgIpc) is 2.64. The Morgan fingerprint density at radius 3 is 2.65 bits per heavy atom. The Balaban J connectivity index is 2.31. The summed E-state index contributed by atoms with van der Waals surface area (Å²) in [5.41, 5.74) is -0.270. The quantitative estimate of drug-likeness (QED) is 0.655. The van der Waals surface area contributed by atoms with Crippen LogP contribution in [0.2, 0.25) is 0 Å². The Morgan fingerprint density at radius 2 is 2.00 bits per heavy atom. The zero-order valence-corrected chi connectivity index (χ0v) is 14.9. The van der Waals surface area contributed by atoms with Crippen molar-refractivity contribution in [3.05, 3.63) is 40.3 Å². The topological polar surface area (TPSA) is 113 Å². The lowest BCUT2D eigenvalue weighted by Gasteiger charge is -2.24. The van der Waals surface area contributed by atoms with Gasteiger partial charge in [-0.15, -0.1) is 0 Å². The molecular weight excluding hydrogens is 338 g/mol. The summed E-state index contributed by atoms with van der Waals surface area (Å²) >= 11 is 0. The van der Waals surface area contributed by atoms with Gasteiger partial charge in [-0.05, 0) is 19.4 Å². The Bertz CT molecular complexity index is 833. The maximum atomic E-state index is 13.0. The molecule has 1 aromatic carbocycles. The predicted molar refractivity (Wildman–Crippen MR) is 96.2 cm³/mol. The molecule has 2 rings (SSSR count). The number of nitrogens with zero attached hydrogens (tertiary/aromatic N) is 2. The molecule has 26 heavy (non-hydrogen) atoms. The van der Waals surface area contributed by atoms with Crippen molar-refractivity contribution in [2.75, 3.05) is 26.3 Å². The number of H-pyrrole nitrogens is 1. The number of hydrogen-bond donors (Lipinski definition) is 2. The van der Waals surface area contributed by atoms with Crippen LogP contribution in [0, 0.1) is 5.92 Å². The van der Waals surface area contributed by atoms with Gasteiger partial charge in [0.25, 0.3) is 11.5 Å². The van der Waals surface area contributed by atoms with E-state index in [9.17, 15) is 19.5 Å². The van der Waals surface area contributed by atoms with Gasteiger partial charge in [0.1, 0.15) is 0 Å². The van der Waals surface area contributed by atoms with Crippen molar-refractivity contribution in [3.63, 3.8) is 0 Å². The third kappa shape index (κ3) is 4.66. The van der Waals surface area contributed by atoms with Crippen LogP contribution in [0.1, 0.15) is 30.8 Å². The predicted octanol–water partition coefficient (Wildman–Crippen LogP) is 1.51. The van der Waals surface area contributed by atoms with E-state index in [1.807, 2.05) is 6.92 Å². The van der Waals surface area contributed by atoms with Gasteiger partial charge in [0.15, 0.2) is 5.69 Å². The highest BCUT2D eigenvalue weighted by molar-refractivity contribution is 6.04. The van der Waals surface area contributed by atoms with Crippen LogP contribution in [0.4, 0.5) is 0 Å². The Hall–Kier alpha value is -2.74. The molecule has 140 valence electrons. The second-order valence-corrected chi connectivity index (χ2v) is 5.99. The molecule has 0 saturated heterocycles. The molecule has 1 heterocycles. The zero-order chi connectivity index (χ0) is 19.1. The number of carbonyl (C=O) groups is 2. The minimum Gasteiger partial charge on any atom is -0.481 e. The Kier molecular flexibility index (Phi) is 6.85. The summed E-state index contributed by atoms with van der Waals surface area (Å²) in [6, 6.07) is 6.70. The van der Waals surface area contributed by atoms with Crippen LogP contribution in [0.3, 0.4) is 0 Å². The van der Waals surface area contributed by atoms with E-state index in [1.165, 1.54) is 4.90 Å². The van der Waals surface area contributed by atoms with Crippen molar-refractivity contribution in [3.8, 4) is 0 Å². The van der Waals surface area contributed by atoms with Crippen LogP contribution in [-0.4, -0.2) is 58.4 Å². The number of ether oxygens (including phenoxy) is 1. The van der Waals surface area contributed by atoms with E-state index in [2.05, 4.69) is 10.2 Å². The van der Waals surface area contributed by atoms with Crippen molar-refractivity contribution in [2.24, 2.45) is 5.92 Å². The van der Waals surface area contributed by atoms with Gasteiger partial charge in [-0.25, -0.2) is 5.10 Å². The first kappa shape index (κ1) is 19.6. The molecule has 2 aromatic rings. The number of carboxylic acid groups (broad SMARTS) is 1. The first-order valence-corrected chi connectivity index (χ1v) is 8.53. The number of aromatic nitrogens is 2. The van der Waals surface area contributed by atoms with E-state index in [1.54, 1.807) is 31.2 Å². The molecule has 0 bridgehead atoms. The number of rotatable bonds is 9. The zero-order valence-electron chi connectivity index (χ0n) is 14.9. The third-order valence-corrected chi connectivity index (χ3v) is 4.02. The highest BCUT2D eigenvalue weighted by atomic mass is 16.5. The van der Waals surface area contributed by atoms with E-state index in [0.29, 0.717) is 37.0 Å². The first-order valence-electron chi connectivity index (χ1n) is 8.53. The van der Waals surface area contributed by atoms with Crippen LogP contribution in [0.25, 0.3) is 10.8 Å². The van der Waals surface area contributed by atoms with Crippen LogP contribution >= 0.6 is 0 Å². The van der Waals surface area contributed by atoms with Crippen LogP contribution in [0.5, 0.6) is 0 Å². The molecule has 8 heteroatoms. The lowest BCUT2D eigenvalue weighted by Crippen LogP contribution is -2.39. The molecule has 0 saturated carbocycles. The molecule has 8 nitrogen and oxygen atoms in total. The normalized spacial score (nSPS) is 12.1. The molecule has 1 amide bonds. The summed E-state index contributed by atoms with van der Waals surface area (Å²) in [6.07, 6.45) is 0.577. The number of carboxylic acids is 1. The Morgan fingerprint density at radius 1 is 1.31 bits per heavy atom. The molecule has 0 aliphatic rings. The number of carbonyl (C=O) groups excluding carboxylic acids is 1. The largest absolute Gasteiger partial charge is 0.481 e. The lowest BCUT2D eigenvalue weighted by atomic mass is 10.1. The fourth-order valence-electron chi connectivity index (χ4n) is 2.61. The molecule has 1 atom stereocenters. The van der Waals surface area contributed by atoms with Crippen molar-refractivity contribution in [1.82, 2.24) is 15.1 Å².